The van der Waals surface area contributed by atoms with Gasteiger partial charge in [-0.2, -0.15) is 0 Å². The monoisotopic (exact) mass is 548 g/mol. The SMILES string of the molecule is CC(C)(C)c1ccc(CN(CCc2ccc(F)c(Cl)c2)C(=O)c2cc(Cl)cc3c2NCCC3)cc1.Cl. The van der Waals surface area contributed by atoms with Gasteiger partial charge < -0.3 is 10.2 Å². The van der Waals surface area contributed by atoms with Gasteiger partial charge in [0.05, 0.1) is 16.3 Å². The fraction of sp³-hybridized carbons (Fsp3) is 0.345. The maximum atomic E-state index is 13.9. The molecule has 0 bridgehead atoms. The van der Waals surface area contributed by atoms with Crippen LogP contribution in [0.15, 0.2) is 54.6 Å². The highest BCUT2D eigenvalue weighted by atomic mass is 35.5. The van der Waals surface area contributed by atoms with Crippen molar-refractivity contribution in [3.8, 4) is 0 Å². The molecule has 0 saturated heterocycles. The molecule has 0 saturated carbocycles. The highest BCUT2D eigenvalue weighted by Crippen LogP contribution is 2.31. The molecule has 0 atom stereocenters. The number of carbonyl (C=O) groups is 1. The Balaban J connectivity index is 0.00000361. The predicted octanol–water partition coefficient (Wildman–Crippen LogP) is 8.10. The van der Waals surface area contributed by atoms with Crippen molar-refractivity contribution in [1.29, 1.82) is 0 Å². The van der Waals surface area contributed by atoms with E-state index in [0.29, 0.717) is 30.1 Å². The molecular formula is C29H32Cl3FN2O. The number of amides is 1. The summed E-state index contributed by atoms with van der Waals surface area (Å²) in [5.41, 5.74) is 5.77. The number of hydrogen-bond acceptors (Lipinski definition) is 2. The van der Waals surface area contributed by atoms with E-state index in [2.05, 4.69) is 50.4 Å². The topological polar surface area (TPSA) is 32.3 Å². The van der Waals surface area contributed by atoms with Gasteiger partial charge in [-0.05, 0) is 71.2 Å². The number of nitrogens with zero attached hydrogens (tertiary/aromatic N) is 1. The van der Waals surface area contributed by atoms with Crippen molar-refractivity contribution in [2.24, 2.45) is 0 Å². The number of benzene rings is 3. The maximum Gasteiger partial charge on any atom is 0.256 e. The summed E-state index contributed by atoms with van der Waals surface area (Å²) in [5.74, 6) is -0.523. The number of halogens is 4. The molecule has 0 aromatic heterocycles. The molecular weight excluding hydrogens is 518 g/mol. The van der Waals surface area contributed by atoms with E-state index >= 15 is 0 Å². The van der Waals surface area contributed by atoms with Crippen LogP contribution in [0.1, 0.15) is 59.8 Å². The quantitative estimate of drug-likeness (QED) is 0.337. The van der Waals surface area contributed by atoms with Crippen LogP contribution < -0.4 is 5.32 Å². The Bertz CT molecular complexity index is 1220. The van der Waals surface area contributed by atoms with Crippen molar-refractivity contribution < 1.29 is 9.18 Å². The lowest BCUT2D eigenvalue weighted by molar-refractivity contribution is 0.0746. The lowest BCUT2D eigenvalue weighted by atomic mass is 9.87. The summed E-state index contributed by atoms with van der Waals surface area (Å²) in [7, 11) is 0. The molecule has 0 fully saturated rings. The molecule has 3 aromatic carbocycles. The average molecular weight is 550 g/mol. The van der Waals surface area contributed by atoms with Crippen LogP contribution in [0.25, 0.3) is 0 Å². The summed E-state index contributed by atoms with van der Waals surface area (Å²) in [5, 5.41) is 4.06. The van der Waals surface area contributed by atoms with Crippen LogP contribution in [-0.2, 0) is 24.8 Å². The average Bonchev–Trinajstić information content (AvgIpc) is 2.82. The molecule has 0 spiro atoms. The Morgan fingerprint density at radius 1 is 1.03 bits per heavy atom. The Hall–Kier alpha value is -2.27. The Labute approximate surface area is 229 Å². The molecule has 3 nitrogen and oxygen atoms in total. The van der Waals surface area contributed by atoms with Gasteiger partial charge in [-0.1, -0.05) is 74.3 Å². The minimum atomic E-state index is -0.445. The van der Waals surface area contributed by atoms with Crippen LogP contribution in [0, 0.1) is 5.82 Å². The van der Waals surface area contributed by atoms with Gasteiger partial charge in [-0.15, -0.1) is 12.4 Å². The summed E-state index contributed by atoms with van der Waals surface area (Å²) in [4.78, 5) is 15.7. The second kappa shape index (κ2) is 11.9. The largest absolute Gasteiger partial charge is 0.384 e. The maximum absolute atomic E-state index is 13.9. The minimum absolute atomic E-state index is 0. The lowest BCUT2D eigenvalue weighted by Crippen LogP contribution is -2.33. The molecule has 1 heterocycles. The third kappa shape index (κ3) is 6.73. The van der Waals surface area contributed by atoms with E-state index < -0.39 is 5.82 Å². The normalized spacial score (nSPS) is 12.8. The zero-order valence-corrected chi connectivity index (χ0v) is 23.2. The van der Waals surface area contributed by atoms with Crippen LogP contribution in [0.5, 0.6) is 0 Å². The van der Waals surface area contributed by atoms with E-state index in [1.54, 1.807) is 18.2 Å². The van der Waals surface area contributed by atoms with Crippen LogP contribution in [0.3, 0.4) is 0 Å². The molecule has 0 radical (unpaired) electrons. The molecule has 1 aliphatic rings. The molecule has 7 heteroatoms. The molecule has 0 aliphatic carbocycles. The molecule has 192 valence electrons. The van der Waals surface area contributed by atoms with E-state index in [1.165, 1.54) is 11.6 Å². The smallest absolute Gasteiger partial charge is 0.256 e. The highest BCUT2D eigenvalue weighted by Gasteiger charge is 2.24. The fourth-order valence-corrected chi connectivity index (χ4v) is 4.89. The van der Waals surface area contributed by atoms with Gasteiger partial charge in [0.2, 0.25) is 0 Å². The standard InChI is InChI=1S/C29H31Cl2FN2O.ClH/c1-29(2,3)22-9-6-20(7-10-22)18-34(14-12-19-8-11-26(32)25(31)15-19)28(35)24-17-23(30)16-21-5-4-13-33-27(21)24;/h6-11,15-17,33H,4-5,12-14,18H2,1-3H3;1H. The van der Waals surface area contributed by atoms with Gasteiger partial charge in [0, 0.05) is 24.7 Å². The summed E-state index contributed by atoms with van der Waals surface area (Å²) < 4.78 is 13.6. The Morgan fingerprint density at radius 3 is 2.39 bits per heavy atom. The Kier molecular flexibility index (Phi) is 9.32. The first-order chi connectivity index (χ1) is 16.6. The zero-order chi connectivity index (χ0) is 25.2. The van der Waals surface area contributed by atoms with Gasteiger partial charge in [0.1, 0.15) is 5.82 Å². The van der Waals surface area contributed by atoms with Gasteiger partial charge in [-0.3, -0.25) is 4.79 Å². The number of aryl methyl sites for hydroxylation is 1. The van der Waals surface area contributed by atoms with Gasteiger partial charge in [-0.25, -0.2) is 4.39 Å². The van der Waals surface area contributed by atoms with Gasteiger partial charge >= 0.3 is 0 Å². The van der Waals surface area contributed by atoms with Crippen molar-refractivity contribution in [2.75, 3.05) is 18.4 Å². The number of hydrogen-bond donors (Lipinski definition) is 1. The van der Waals surface area contributed by atoms with Crippen LogP contribution in [0.2, 0.25) is 10.0 Å². The van der Waals surface area contributed by atoms with Crippen molar-refractivity contribution in [3.63, 3.8) is 0 Å². The summed E-state index contributed by atoms with van der Waals surface area (Å²) in [6, 6.07) is 16.8. The van der Waals surface area contributed by atoms with Crippen molar-refractivity contribution in [2.45, 2.75) is 52.0 Å². The van der Waals surface area contributed by atoms with E-state index in [9.17, 15) is 9.18 Å². The Morgan fingerprint density at radius 2 is 1.72 bits per heavy atom. The van der Waals surface area contributed by atoms with Gasteiger partial charge in [0.25, 0.3) is 5.91 Å². The summed E-state index contributed by atoms with van der Waals surface area (Å²) >= 11 is 12.4. The zero-order valence-electron chi connectivity index (χ0n) is 20.8. The van der Waals surface area contributed by atoms with E-state index in [1.807, 2.05) is 11.0 Å². The van der Waals surface area contributed by atoms with Crippen molar-refractivity contribution >= 4 is 47.2 Å². The number of rotatable bonds is 6. The second-order valence-corrected chi connectivity index (χ2v) is 11.0. The van der Waals surface area contributed by atoms with E-state index in [4.69, 9.17) is 23.2 Å². The third-order valence-corrected chi connectivity index (χ3v) is 6.98. The van der Waals surface area contributed by atoms with E-state index in [0.717, 1.165) is 41.8 Å². The molecule has 0 unspecified atom stereocenters. The van der Waals surface area contributed by atoms with Crippen molar-refractivity contribution in [1.82, 2.24) is 4.90 Å². The molecule has 36 heavy (non-hydrogen) atoms. The van der Waals surface area contributed by atoms with Crippen LogP contribution in [0.4, 0.5) is 10.1 Å². The fourth-order valence-electron chi connectivity index (χ4n) is 4.44. The summed E-state index contributed by atoms with van der Waals surface area (Å²) in [6.07, 6.45) is 2.46. The highest BCUT2D eigenvalue weighted by molar-refractivity contribution is 6.31. The second-order valence-electron chi connectivity index (χ2n) is 10.2. The number of fused-ring (bicyclic) bond motifs is 1. The lowest BCUT2D eigenvalue weighted by Gasteiger charge is -2.27. The van der Waals surface area contributed by atoms with Crippen LogP contribution >= 0.6 is 35.6 Å². The summed E-state index contributed by atoms with van der Waals surface area (Å²) in [6.45, 7) is 8.29. The number of anilines is 1. The van der Waals surface area contributed by atoms with Gasteiger partial charge in [0.15, 0.2) is 0 Å². The first-order valence-electron chi connectivity index (χ1n) is 12.0. The number of carbonyl (C=O) groups excluding carboxylic acids is 1. The first kappa shape index (κ1) is 28.3. The molecule has 1 amide bonds. The minimum Gasteiger partial charge on any atom is -0.384 e. The third-order valence-electron chi connectivity index (χ3n) is 6.47. The van der Waals surface area contributed by atoms with Crippen LogP contribution in [-0.4, -0.2) is 23.9 Å². The predicted molar refractivity (Wildman–Crippen MR) is 151 cm³/mol. The van der Waals surface area contributed by atoms with Crippen molar-refractivity contribution in [3.05, 3.63) is 98.3 Å². The first-order valence-corrected chi connectivity index (χ1v) is 12.8. The van der Waals surface area contributed by atoms with E-state index in [-0.39, 0.29) is 28.8 Å². The molecule has 4 rings (SSSR count). The molecule has 1 N–H and O–H groups in total. The number of nitrogens with one attached hydrogen (secondary N) is 1. The molecule has 1 aliphatic heterocycles. The molecule has 3 aromatic rings.